The van der Waals surface area contributed by atoms with Crippen LogP contribution in [0.1, 0.15) is 36.2 Å². The molecule has 0 unspecified atom stereocenters. The number of hydrogen-bond acceptors (Lipinski definition) is 1. The van der Waals surface area contributed by atoms with E-state index in [2.05, 4.69) is 51.7 Å². The predicted octanol–water partition coefficient (Wildman–Crippen LogP) is 3.29. The third kappa shape index (κ3) is 1.54. The van der Waals surface area contributed by atoms with Gasteiger partial charge in [0.25, 0.3) is 0 Å². The van der Waals surface area contributed by atoms with E-state index in [1.54, 1.807) is 0 Å². The number of aromatic amines is 1. The molecule has 0 fully saturated rings. The second-order valence-electron chi connectivity index (χ2n) is 5.28. The Bertz CT molecular complexity index is 542. The summed E-state index contributed by atoms with van der Waals surface area (Å²) in [6.45, 7) is 10.5. The van der Waals surface area contributed by atoms with E-state index >= 15 is 0 Å². The average molecular weight is 216 g/mol. The van der Waals surface area contributed by atoms with Crippen molar-refractivity contribution in [1.29, 1.82) is 0 Å². The third-order valence-corrected chi connectivity index (χ3v) is 3.34. The van der Waals surface area contributed by atoms with Crippen LogP contribution in [-0.4, -0.2) is 4.98 Å². The summed E-state index contributed by atoms with van der Waals surface area (Å²) in [6.07, 6.45) is 0. The largest absolute Gasteiger partial charge is 0.358 e. The summed E-state index contributed by atoms with van der Waals surface area (Å²) in [5.41, 5.74) is 12.2. The molecule has 0 aliphatic rings. The van der Waals surface area contributed by atoms with Crippen molar-refractivity contribution in [3.63, 3.8) is 0 Å². The van der Waals surface area contributed by atoms with Crippen LogP contribution in [0.25, 0.3) is 10.9 Å². The molecule has 0 radical (unpaired) electrons. The summed E-state index contributed by atoms with van der Waals surface area (Å²) in [6, 6.07) is 4.34. The summed E-state index contributed by atoms with van der Waals surface area (Å²) in [7, 11) is 0. The lowest BCUT2D eigenvalue weighted by molar-refractivity contribution is 0.555. The van der Waals surface area contributed by atoms with Gasteiger partial charge in [-0.1, -0.05) is 12.1 Å². The molecule has 1 aromatic heterocycles. The van der Waals surface area contributed by atoms with Crippen LogP contribution in [0, 0.1) is 20.8 Å². The van der Waals surface area contributed by atoms with E-state index < -0.39 is 0 Å². The molecule has 16 heavy (non-hydrogen) atoms. The number of benzene rings is 1. The molecule has 2 rings (SSSR count). The fourth-order valence-electron chi connectivity index (χ4n) is 2.47. The molecular weight excluding hydrogens is 196 g/mol. The normalized spacial score (nSPS) is 12.4. The number of rotatable bonds is 1. The van der Waals surface area contributed by atoms with E-state index in [1.807, 2.05) is 0 Å². The van der Waals surface area contributed by atoms with Crippen LogP contribution in [0.5, 0.6) is 0 Å². The Morgan fingerprint density at radius 2 is 1.75 bits per heavy atom. The topological polar surface area (TPSA) is 41.8 Å². The molecule has 2 aromatic rings. The van der Waals surface area contributed by atoms with Gasteiger partial charge in [0.15, 0.2) is 0 Å². The molecule has 0 amide bonds. The van der Waals surface area contributed by atoms with Crippen molar-refractivity contribution in [2.45, 2.75) is 40.2 Å². The molecule has 2 nitrogen and oxygen atoms in total. The number of aromatic nitrogens is 1. The van der Waals surface area contributed by atoms with Crippen molar-refractivity contribution in [3.05, 3.63) is 34.5 Å². The molecule has 1 aromatic carbocycles. The fraction of sp³-hybridized carbons (Fsp3) is 0.429. The van der Waals surface area contributed by atoms with Gasteiger partial charge in [0.1, 0.15) is 0 Å². The van der Waals surface area contributed by atoms with Crippen LogP contribution < -0.4 is 5.73 Å². The van der Waals surface area contributed by atoms with Crippen LogP contribution in [0.2, 0.25) is 0 Å². The number of H-pyrrole nitrogens is 1. The van der Waals surface area contributed by atoms with Gasteiger partial charge in [-0.15, -0.1) is 0 Å². The van der Waals surface area contributed by atoms with E-state index in [4.69, 9.17) is 5.73 Å². The van der Waals surface area contributed by atoms with Crippen LogP contribution in [0.3, 0.4) is 0 Å². The number of nitrogens with two attached hydrogens (primary N) is 1. The number of aryl methyl sites for hydroxylation is 3. The molecule has 0 bridgehead atoms. The quantitative estimate of drug-likeness (QED) is 0.754. The molecule has 86 valence electrons. The van der Waals surface area contributed by atoms with Gasteiger partial charge in [0.2, 0.25) is 0 Å². The van der Waals surface area contributed by atoms with E-state index in [-0.39, 0.29) is 5.54 Å². The van der Waals surface area contributed by atoms with Crippen molar-refractivity contribution in [2.75, 3.05) is 0 Å². The molecule has 0 saturated carbocycles. The zero-order valence-electron chi connectivity index (χ0n) is 10.7. The molecule has 0 aliphatic heterocycles. The van der Waals surface area contributed by atoms with E-state index in [9.17, 15) is 0 Å². The minimum Gasteiger partial charge on any atom is -0.358 e. The van der Waals surface area contributed by atoms with Crippen LogP contribution in [-0.2, 0) is 5.54 Å². The first kappa shape index (κ1) is 11.2. The maximum atomic E-state index is 6.24. The molecule has 2 heteroatoms. The summed E-state index contributed by atoms with van der Waals surface area (Å²) in [5.74, 6) is 0. The Morgan fingerprint density at radius 3 is 2.31 bits per heavy atom. The highest BCUT2D eigenvalue weighted by Gasteiger charge is 2.22. The summed E-state index contributed by atoms with van der Waals surface area (Å²) in [4.78, 5) is 3.46. The van der Waals surface area contributed by atoms with Gasteiger partial charge >= 0.3 is 0 Å². The predicted molar refractivity (Wildman–Crippen MR) is 69.7 cm³/mol. The van der Waals surface area contributed by atoms with Crippen LogP contribution in [0.15, 0.2) is 12.1 Å². The highest BCUT2D eigenvalue weighted by molar-refractivity contribution is 5.89. The summed E-state index contributed by atoms with van der Waals surface area (Å²) >= 11 is 0. The first-order valence-electron chi connectivity index (χ1n) is 5.70. The standard InChI is InChI=1S/C14H20N2/c1-8-6-7-11-12(14(4,5)15)10(3)16-13(11)9(8)2/h6-7,16H,15H2,1-5H3. The molecule has 0 atom stereocenters. The van der Waals surface area contributed by atoms with Gasteiger partial charge in [-0.2, -0.15) is 0 Å². The van der Waals surface area contributed by atoms with Crippen molar-refractivity contribution < 1.29 is 0 Å². The van der Waals surface area contributed by atoms with Gasteiger partial charge in [0, 0.05) is 22.1 Å². The van der Waals surface area contributed by atoms with Crippen molar-refractivity contribution >= 4 is 10.9 Å². The van der Waals surface area contributed by atoms with Gasteiger partial charge in [-0.3, -0.25) is 0 Å². The molecular formula is C14H20N2. The minimum absolute atomic E-state index is 0.302. The third-order valence-electron chi connectivity index (χ3n) is 3.34. The average Bonchev–Trinajstić information content (AvgIpc) is 2.48. The molecule has 0 saturated heterocycles. The highest BCUT2D eigenvalue weighted by atomic mass is 14.8. The summed E-state index contributed by atoms with van der Waals surface area (Å²) in [5, 5.41) is 1.26. The van der Waals surface area contributed by atoms with Crippen LogP contribution >= 0.6 is 0 Å². The zero-order chi connectivity index (χ0) is 12.1. The van der Waals surface area contributed by atoms with E-state index in [0.29, 0.717) is 0 Å². The summed E-state index contributed by atoms with van der Waals surface area (Å²) < 4.78 is 0. The highest BCUT2D eigenvalue weighted by Crippen LogP contribution is 2.32. The molecule has 0 spiro atoms. The second kappa shape index (κ2) is 3.36. The maximum Gasteiger partial charge on any atom is 0.0491 e. The lowest BCUT2D eigenvalue weighted by Gasteiger charge is -2.19. The van der Waals surface area contributed by atoms with E-state index in [0.717, 1.165) is 0 Å². The monoisotopic (exact) mass is 216 g/mol. The zero-order valence-corrected chi connectivity index (χ0v) is 10.7. The minimum atomic E-state index is -0.302. The van der Waals surface area contributed by atoms with Gasteiger partial charge < -0.3 is 10.7 Å². The van der Waals surface area contributed by atoms with Crippen molar-refractivity contribution in [3.8, 4) is 0 Å². The molecule has 0 aliphatic carbocycles. The number of fused-ring (bicyclic) bond motifs is 1. The lowest BCUT2D eigenvalue weighted by atomic mass is 9.92. The lowest BCUT2D eigenvalue weighted by Crippen LogP contribution is -2.29. The second-order valence-corrected chi connectivity index (χ2v) is 5.28. The molecule has 3 N–H and O–H groups in total. The SMILES string of the molecule is Cc1ccc2c(C(C)(C)N)c(C)[nH]c2c1C. The Morgan fingerprint density at radius 1 is 1.12 bits per heavy atom. The van der Waals surface area contributed by atoms with Crippen molar-refractivity contribution in [2.24, 2.45) is 5.73 Å². The van der Waals surface area contributed by atoms with Crippen LogP contribution in [0.4, 0.5) is 0 Å². The Kier molecular flexibility index (Phi) is 2.35. The maximum absolute atomic E-state index is 6.24. The van der Waals surface area contributed by atoms with Gasteiger partial charge in [0.05, 0.1) is 0 Å². The van der Waals surface area contributed by atoms with Crippen molar-refractivity contribution in [1.82, 2.24) is 4.98 Å². The first-order valence-corrected chi connectivity index (χ1v) is 5.70. The van der Waals surface area contributed by atoms with E-state index in [1.165, 1.54) is 33.3 Å². The van der Waals surface area contributed by atoms with Gasteiger partial charge in [-0.05, 0) is 51.3 Å². The Labute approximate surface area is 96.9 Å². The fourth-order valence-corrected chi connectivity index (χ4v) is 2.47. The smallest absolute Gasteiger partial charge is 0.0491 e. The van der Waals surface area contributed by atoms with Gasteiger partial charge in [-0.25, -0.2) is 0 Å². The first-order chi connectivity index (χ1) is 7.32. The number of hydrogen-bond donors (Lipinski definition) is 2. The Balaban J connectivity index is 2.88. The number of nitrogens with one attached hydrogen (secondary N) is 1. The Hall–Kier alpha value is -1.28. The molecule has 1 heterocycles.